The largest absolute Gasteiger partial charge is 0.496 e. The molecule has 0 heterocycles. The molecule has 2 N–H and O–H groups in total. The first kappa shape index (κ1) is 14.8. The van der Waals surface area contributed by atoms with Gasteiger partial charge in [-0.05, 0) is 31.9 Å². The predicted molar refractivity (Wildman–Crippen MR) is 78.4 cm³/mol. The molecule has 0 aromatic heterocycles. The molecule has 3 nitrogen and oxygen atoms in total. The van der Waals surface area contributed by atoms with E-state index >= 15 is 0 Å². The molecule has 0 fully saturated rings. The van der Waals surface area contributed by atoms with Gasteiger partial charge in [0.1, 0.15) is 5.75 Å². The van der Waals surface area contributed by atoms with Gasteiger partial charge in [0.15, 0.2) is 0 Å². The minimum Gasteiger partial charge on any atom is -0.496 e. The third-order valence-electron chi connectivity index (χ3n) is 3.59. The standard InChI is InChI=1S/C15H26N2O/c1-6-12(7-2)17(4)13-9-8-10-14(18-5)15(13)11(3)16/h8-12H,6-7,16H2,1-5H3. The lowest BCUT2D eigenvalue weighted by atomic mass is 10.0. The van der Waals surface area contributed by atoms with Crippen LogP contribution in [-0.4, -0.2) is 20.2 Å². The Bertz CT molecular complexity index is 373. The van der Waals surface area contributed by atoms with Crippen molar-refractivity contribution in [3.05, 3.63) is 23.8 Å². The third-order valence-corrected chi connectivity index (χ3v) is 3.59. The molecule has 0 amide bonds. The lowest BCUT2D eigenvalue weighted by molar-refractivity contribution is 0.406. The predicted octanol–water partition coefficient (Wildman–Crippen LogP) is 3.34. The number of hydrogen-bond acceptors (Lipinski definition) is 3. The minimum absolute atomic E-state index is 0.0343. The third kappa shape index (κ3) is 2.96. The van der Waals surface area contributed by atoms with E-state index in [1.165, 1.54) is 5.69 Å². The SMILES string of the molecule is CCC(CC)N(C)c1cccc(OC)c1C(C)N. The molecule has 0 aliphatic rings. The molecule has 0 bridgehead atoms. The van der Waals surface area contributed by atoms with E-state index in [1.54, 1.807) is 7.11 Å². The van der Waals surface area contributed by atoms with Gasteiger partial charge in [-0.1, -0.05) is 19.9 Å². The monoisotopic (exact) mass is 250 g/mol. The van der Waals surface area contributed by atoms with Gasteiger partial charge in [0.05, 0.1) is 7.11 Å². The number of benzene rings is 1. The first-order valence-corrected chi connectivity index (χ1v) is 6.72. The Morgan fingerprint density at radius 1 is 1.28 bits per heavy atom. The number of hydrogen-bond donors (Lipinski definition) is 1. The maximum absolute atomic E-state index is 6.11. The fourth-order valence-electron chi connectivity index (χ4n) is 2.51. The summed E-state index contributed by atoms with van der Waals surface area (Å²) in [6, 6.07) is 6.63. The maximum Gasteiger partial charge on any atom is 0.125 e. The van der Waals surface area contributed by atoms with Gasteiger partial charge in [0.2, 0.25) is 0 Å². The van der Waals surface area contributed by atoms with Gasteiger partial charge in [-0.3, -0.25) is 0 Å². The average molecular weight is 250 g/mol. The molecule has 0 saturated carbocycles. The summed E-state index contributed by atoms with van der Waals surface area (Å²) in [5.74, 6) is 0.875. The Morgan fingerprint density at radius 2 is 1.89 bits per heavy atom. The topological polar surface area (TPSA) is 38.5 Å². The molecule has 0 saturated heterocycles. The fourth-order valence-corrected chi connectivity index (χ4v) is 2.51. The van der Waals surface area contributed by atoms with Crippen LogP contribution in [0.4, 0.5) is 5.69 Å². The first-order chi connectivity index (χ1) is 8.56. The fraction of sp³-hybridized carbons (Fsp3) is 0.600. The van der Waals surface area contributed by atoms with E-state index in [0.717, 1.165) is 24.2 Å². The van der Waals surface area contributed by atoms with E-state index in [1.807, 2.05) is 19.1 Å². The molecule has 1 rings (SSSR count). The molecule has 1 atom stereocenters. The highest BCUT2D eigenvalue weighted by atomic mass is 16.5. The Hall–Kier alpha value is -1.22. The van der Waals surface area contributed by atoms with Crippen LogP contribution in [0.3, 0.4) is 0 Å². The summed E-state index contributed by atoms with van der Waals surface area (Å²) < 4.78 is 5.44. The van der Waals surface area contributed by atoms with Crippen LogP contribution in [0, 0.1) is 0 Å². The van der Waals surface area contributed by atoms with Gasteiger partial charge in [-0.2, -0.15) is 0 Å². The zero-order chi connectivity index (χ0) is 13.7. The molecule has 0 spiro atoms. The van der Waals surface area contributed by atoms with Crippen molar-refractivity contribution in [1.82, 2.24) is 0 Å². The highest BCUT2D eigenvalue weighted by Gasteiger charge is 2.19. The van der Waals surface area contributed by atoms with E-state index in [9.17, 15) is 0 Å². The Kier molecular flexibility index (Phi) is 5.48. The summed E-state index contributed by atoms with van der Waals surface area (Å²) in [6.45, 7) is 6.44. The molecule has 0 aliphatic heterocycles. The van der Waals surface area contributed by atoms with Crippen molar-refractivity contribution >= 4 is 5.69 Å². The van der Waals surface area contributed by atoms with Crippen LogP contribution in [0.25, 0.3) is 0 Å². The first-order valence-electron chi connectivity index (χ1n) is 6.72. The van der Waals surface area contributed by atoms with Gasteiger partial charge < -0.3 is 15.4 Å². The average Bonchev–Trinajstić information content (AvgIpc) is 2.38. The van der Waals surface area contributed by atoms with E-state index in [-0.39, 0.29) is 6.04 Å². The van der Waals surface area contributed by atoms with Crippen LogP contribution >= 0.6 is 0 Å². The maximum atomic E-state index is 6.11. The number of ether oxygens (including phenoxy) is 1. The molecular formula is C15H26N2O. The van der Waals surface area contributed by atoms with Gasteiger partial charge in [0.25, 0.3) is 0 Å². The van der Waals surface area contributed by atoms with Crippen LogP contribution in [0.5, 0.6) is 5.75 Å². The summed E-state index contributed by atoms with van der Waals surface area (Å²) in [5.41, 5.74) is 8.38. The van der Waals surface area contributed by atoms with Crippen LogP contribution in [0.1, 0.15) is 45.2 Å². The molecular weight excluding hydrogens is 224 g/mol. The van der Waals surface area contributed by atoms with Gasteiger partial charge in [0, 0.05) is 30.4 Å². The van der Waals surface area contributed by atoms with Crippen molar-refractivity contribution in [2.45, 2.75) is 45.7 Å². The normalized spacial score (nSPS) is 12.6. The summed E-state index contributed by atoms with van der Waals surface area (Å²) in [4.78, 5) is 2.32. The lowest BCUT2D eigenvalue weighted by Crippen LogP contribution is -2.31. The van der Waals surface area contributed by atoms with Crippen molar-refractivity contribution < 1.29 is 4.74 Å². The number of anilines is 1. The zero-order valence-electron chi connectivity index (χ0n) is 12.2. The Morgan fingerprint density at radius 3 is 2.33 bits per heavy atom. The van der Waals surface area contributed by atoms with Crippen molar-refractivity contribution in [2.24, 2.45) is 5.73 Å². The molecule has 102 valence electrons. The number of nitrogens with zero attached hydrogens (tertiary/aromatic N) is 1. The molecule has 3 heteroatoms. The number of rotatable bonds is 6. The second-order valence-electron chi connectivity index (χ2n) is 4.76. The molecule has 0 radical (unpaired) electrons. The molecule has 0 aliphatic carbocycles. The number of nitrogens with two attached hydrogens (primary N) is 1. The summed E-state index contributed by atoms with van der Waals surface area (Å²) in [5, 5.41) is 0. The number of methoxy groups -OCH3 is 1. The highest BCUT2D eigenvalue weighted by Crippen LogP contribution is 2.34. The van der Waals surface area contributed by atoms with Crippen LogP contribution in [0.2, 0.25) is 0 Å². The van der Waals surface area contributed by atoms with Crippen molar-refractivity contribution in [2.75, 3.05) is 19.1 Å². The second kappa shape index (κ2) is 6.64. The zero-order valence-corrected chi connectivity index (χ0v) is 12.2. The highest BCUT2D eigenvalue weighted by molar-refractivity contribution is 5.60. The summed E-state index contributed by atoms with van der Waals surface area (Å²) >= 11 is 0. The molecule has 18 heavy (non-hydrogen) atoms. The van der Waals surface area contributed by atoms with Crippen LogP contribution in [0.15, 0.2) is 18.2 Å². The van der Waals surface area contributed by atoms with Gasteiger partial charge in [-0.25, -0.2) is 0 Å². The van der Waals surface area contributed by atoms with E-state index < -0.39 is 0 Å². The van der Waals surface area contributed by atoms with E-state index in [2.05, 4.69) is 31.9 Å². The minimum atomic E-state index is -0.0343. The Balaban J connectivity index is 3.22. The quantitative estimate of drug-likeness (QED) is 0.841. The van der Waals surface area contributed by atoms with Gasteiger partial charge >= 0.3 is 0 Å². The smallest absolute Gasteiger partial charge is 0.125 e. The van der Waals surface area contributed by atoms with Crippen LogP contribution in [-0.2, 0) is 0 Å². The van der Waals surface area contributed by atoms with Gasteiger partial charge in [-0.15, -0.1) is 0 Å². The summed E-state index contributed by atoms with van der Waals surface area (Å²) in [6.07, 6.45) is 2.26. The molecule has 1 unspecified atom stereocenters. The van der Waals surface area contributed by atoms with E-state index in [4.69, 9.17) is 10.5 Å². The summed E-state index contributed by atoms with van der Waals surface area (Å²) in [7, 11) is 3.83. The van der Waals surface area contributed by atoms with Crippen LogP contribution < -0.4 is 15.4 Å². The van der Waals surface area contributed by atoms with Crippen molar-refractivity contribution in [3.8, 4) is 5.75 Å². The Labute approximate surface area is 111 Å². The molecule has 1 aromatic carbocycles. The van der Waals surface area contributed by atoms with Crippen molar-refractivity contribution in [1.29, 1.82) is 0 Å². The van der Waals surface area contributed by atoms with E-state index in [0.29, 0.717) is 6.04 Å². The lowest BCUT2D eigenvalue weighted by Gasteiger charge is -2.31. The second-order valence-corrected chi connectivity index (χ2v) is 4.76. The molecule has 1 aromatic rings. The van der Waals surface area contributed by atoms with Crippen molar-refractivity contribution in [3.63, 3.8) is 0 Å².